The first-order valence-corrected chi connectivity index (χ1v) is 4.86. The summed E-state index contributed by atoms with van der Waals surface area (Å²) in [4.78, 5) is 18.0. The van der Waals surface area contributed by atoms with Crippen LogP contribution in [0, 0.1) is 0 Å². The number of nitrogens with zero attached hydrogens (tertiary/aromatic N) is 2. The molecule has 1 aromatic heterocycles. The highest BCUT2D eigenvalue weighted by atomic mass is 35.5. The molecule has 0 atom stereocenters. The van der Waals surface area contributed by atoms with Gasteiger partial charge in [-0.3, -0.25) is 4.79 Å². The largest absolute Gasteiger partial charge is 0.481 e. The summed E-state index contributed by atoms with van der Waals surface area (Å²) in [5.41, 5.74) is 0.305. The van der Waals surface area contributed by atoms with Gasteiger partial charge in [0.1, 0.15) is 6.61 Å². The van der Waals surface area contributed by atoms with E-state index in [-0.39, 0.29) is 17.6 Å². The van der Waals surface area contributed by atoms with Crippen molar-refractivity contribution >= 4 is 17.6 Å². The molecule has 1 N–H and O–H groups in total. The van der Waals surface area contributed by atoms with E-state index in [0.717, 1.165) is 0 Å². The number of halogens is 1. The lowest BCUT2D eigenvalue weighted by molar-refractivity contribution is -0.136. The Kier molecular flexibility index (Phi) is 4.94. The molecule has 0 radical (unpaired) electrons. The van der Waals surface area contributed by atoms with Gasteiger partial charge in [0, 0.05) is 13.2 Å². The van der Waals surface area contributed by atoms with E-state index in [1.54, 1.807) is 7.11 Å². The molecule has 1 heterocycles. The molecule has 0 aromatic carbocycles. The number of aliphatic carboxylic acids is 1. The van der Waals surface area contributed by atoms with Crippen LogP contribution in [0.2, 0.25) is 5.28 Å². The fourth-order valence-corrected chi connectivity index (χ4v) is 1.18. The first-order valence-electron chi connectivity index (χ1n) is 4.49. The molecule has 0 aliphatic carbocycles. The van der Waals surface area contributed by atoms with Gasteiger partial charge in [-0.2, -0.15) is 4.98 Å². The number of carboxylic acids is 1. The smallest absolute Gasteiger partial charge is 0.309 e. The average Bonchev–Trinajstić information content (AvgIpc) is 2.16. The van der Waals surface area contributed by atoms with Crippen molar-refractivity contribution in [2.45, 2.75) is 6.42 Å². The summed E-state index contributed by atoms with van der Waals surface area (Å²) in [5, 5.41) is 8.56. The minimum absolute atomic E-state index is 0.0360. The van der Waals surface area contributed by atoms with E-state index < -0.39 is 5.97 Å². The molecule has 0 saturated carbocycles. The van der Waals surface area contributed by atoms with Crippen LogP contribution in [0.5, 0.6) is 5.88 Å². The molecule has 16 heavy (non-hydrogen) atoms. The quantitative estimate of drug-likeness (QED) is 0.590. The lowest BCUT2D eigenvalue weighted by Gasteiger charge is -2.05. The van der Waals surface area contributed by atoms with Gasteiger partial charge in [0.05, 0.1) is 18.7 Å². The van der Waals surface area contributed by atoms with E-state index in [1.165, 1.54) is 6.07 Å². The second-order valence-corrected chi connectivity index (χ2v) is 3.22. The number of ether oxygens (including phenoxy) is 2. The number of carbonyl (C=O) groups is 1. The molecule has 1 rings (SSSR count). The monoisotopic (exact) mass is 246 g/mol. The molecule has 0 fully saturated rings. The van der Waals surface area contributed by atoms with Gasteiger partial charge in [-0.15, -0.1) is 0 Å². The first kappa shape index (κ1) is 12.7. The Balaban J connectivity index is 2.69. The molecule has 7 heteroatoms. The summed E-state index contributed by atoms with van der Waals surface area (Å²) in [6.07, 6.45) is -0.219. The molecule has 0 aliphatic heterocycles. The van der Waals surface area contributed by atoms with Crippen LogP contribution in [0.15, 0.2) is 6.07 Å². The summed E-state index contributed by atoms with van der Waals surface area (Å²) in [7, 11) is 1.55. The van der Waals surface area contributed by atoms with Crippen LogP contribution >= 0.6 is 11.6 Å². The van der Waals surface area contributed by atoms with Crippen molar-refractivity contribution in [1.29, 1.82) is 0 Å². The average molecular weight is 247 g/mol. The van der Waals surface area contributed by atoms with Crippen LogP contribution in [0.4, 0.5) is 0 Å². The van der Waals surface area contributed by atoms with Gasteiger partial charge in [0.25, 0.3) is 0 Å². The molecule has 0 spiro atoms. The molecule has 6 nitrogen and oxygen atoms in total. The second-order valence-electron chi connectivity index (χ2n) is 2.88. The van der Waals surface area contributed by atoms with Crippen LogP contribution in [-0.4, -0.2) is 41.4 Å². The molecule has 0 saturated heterocycles. The van der Waals surface area contributed by atoms with Crippen LogP contribution < -0.4 is 4.74 Å². The lowest BCUT2D eigenvalue weighted by atomic mass is 10.3. The second kappa shape index (κ2) is 6.24. The van der Waals surface area contributed by atoms with Gasteiger partial charge in [-0.1, -0.05) is 0 Å². The van der Waals surface area contributed by atoms with Gasteiger partial charge >= 0.3 is 5.97 Å². The number of aromatic nitrogens is 2. The highest BCUT2D eigenvalue weighted by Gasteiger charge is 2.07. The highest BCUT2D eigenvalue weighted by molar-refractivity contribution is 6.28. The summed E-state index contributed by atoms with van der Waals surface area (Å²) < 4.78 is 9.99. The fourth-order valence-electron chi connectivity index (χ4n) is 0.991. The maximum atomic E-state index is 10.5. The summed E-state index contributed by atoms with van der Waals surface area (Å²) in [5.74, 6) is -0.745. The topological polar surface area (TPSA) is 81.5 Å². The normalized spacial score (nSPS) is 10.1. The fraction of sp³-hybridized carbons (Fsp3) is 0.444. The van der Waals surface area contributed by atoms with Crippen LogP contribution in [0.1, 0.15) is 5.69 Å². The lowest BCUT2D eigenvalue weighted by Crippen LogP contribution is -2.08. The van der Waals surface area contributed by atoms with Crippen molar-refractivity contribution in [3.63, 3.8) is 0 Å². The van der Waals surface area contributed by atoms with Crippen molar-refractivity contribution in [2.75, 3.05) is 20.3 Å². The van der Waals surface area contributed by atoms with Crippen molar-refractivity contribution in [3.8, 4) is 5.88 Å². The number of carboxylic acid groups (broad SMARTS) is 1. The maximum absolute atomic E-state index is 10.5. The molecular formula is C9H11ClN2O4. The Morgan fingerprint density at radius 1 is 1.50 bits per heavy atom. The van der Waals surface area contributed by atoms with E-state index in [0.29, 0.717) is 18.9 Å². The third-order valence-corrected chi connectivity index (χ3v) is 1.77. The van der Waals surface area contributed by atoms with E-state index >= 15 is 0 Å². The summed E-state index contributed by atoms with van der Waals surface area (Å²) in [6, 6.07) is 1.44. The Labute approximate surface area is 97.2 Å². The first-order chi connectivity index (χ1) is 7.61. The number of hydrogen-bond donors (Lipinski definition) is 1. The van der Waals surface area contributed by atoms with E-state index in [1.807, 2.05) is 0 Å². The predicted octanol–water partition coefficient (Wildman–Crippen LogP) is 0.782. The molecule has 1 aromatic rings. The van der Waals surface area contributed by atoms with Crippen LogP contribution in [-0.2, 0) is 16.0 Å². The Bertz CT molecular complexity index is 373. The Hall–Kier alpha value is -1.40. The zero-order valence-electron chi connectivity index (χ0n) is 8.64. The van der Waals surface area contributed by atoms with Crippen LogP contribution in [0.3, 0.4) is 0 Å². The van der Waals surface area contributed by atoms with Crippen molar-refractivity contribution < 1.29 is 19.4 Å². The number of rotatable bonds is 6. The zero-order valence-corrected chi connectivity index (χ0v) is 9.40. The SMILES string of the molecule is COCCOc1cc(CC(=O)O)nc(Cl)n1. The molecule has 0 unspecified atom stereocenters. The predicted molar refractivity (Wildman–Crippen MR) is 55.8 cm³/mol. The molecule has 0 bridgehead atoms. The van der Waals surface area contributed by atoms with Gasteiger partial charge in [0.15, 0.2) is 0 Å². The maximum Gasteiger partial charge on any atom is 0.309 e. The van der Waals surface area contributed by atoms with Gasteiger partial charge in [-0.25, -0.2) is 4.98 Å². The molecular weight excluding hydrogens is 236 g/mol. The van der Waals surface area contributed by atoms with E-state index in [2.05, 4.69) is 9.97 Å². The minimum Gasteiger partial charge on any atom is -0.481 e. The van der Waals surface area contributed by atoms with Gasteiger partial charge in [-0.05, 0) is 11.6 Å². The van der Waals surface area contributed by atoms with E-state index in [9.17, 15) is 4.79 Å². The Morgan fingerprint density at radius 2 is 2.25 bits per heavy atom. The third kappa shape index (κ3) is 4.41. The standard InChI is InChI=1S/C9H11ClN2O4/c1-15-2-3-16-7-4-6(5-8(13)14)11-9(10)12-7/h4H,2-3,5H2,1H3,(H,13,14). The van der Waals surface area contributed by atoms with Gasteiger partial charge < -0.3 is 14.6 Å². The zero-order chi connectivity index (χ0) is 12.0. The highest BCUT2D eigenvalue weighted by Crippen LogP contribution is 2.13. The summed E-state index contributed by atoms with van der Waals surface area (Å²) >= 11 is 5.62. The van der Waals surface area contributed by atoms with Crippen LogP contribution in [0.25, 0.3) is 0 Å². The van der Waals surface area contributed by atoms with Crippen molar-refractivity contribution in [2.24, 2.45) is 0 Å². The molecule has 88 valence electrons. The minimum atomic E-state index is -0.988. The third-order valence-electron chi connectivity index (χ3n) is 1.60. The molecule has 0 amide bonds. The number of hydrogen-bond acceptors (Lipinski definition) is 5. The van der Waals surface area contributed by atoms with Gasteiger partial charge in [0.2, 0.25) is 11.2 Å². The molecule has 0 aliphatic rings. The number of methoxy groups -OCH3 is 1. The van der Waals surface area contributed by atoms with E-state index in [4.69, 9.17) is 26.2 Å². The van der Waals surface area contributed by atoms with Crippen molar-refractivity contribution in [1.82, 2.24) is 9.97 Å². The van der Waals surface area contributed by atoms with Crippen molar-refractivity contribution in [3.05, 3.63) is 17.0 Å². The summed E-state index contributed by atoms with van der Waals surface area (Å²) in [6.45, 7) is 0.728. The Morgan fingerprint density at radius 3 is 2.88 bits per heavy atom.